The minimum atomic E-state index is -0.208. The molecule has 0 unspecified atom stereocenters. The van der Waals surface area contributed by atoms with Crippen molar-refractivity contribution >= 4 is 17.1 Å². The molecule has 1 aromatic heterocycles. The van der Waals surface area contributed by atoms with E-state index in [1.54, 1.807) is 6.92 Å². The molecule has 5 nitrogen and oxygen atoms in total. The van der Waals surface area contributed by atoms with Gasteiger partial charge in [0.15, 0.2) is 12.0 Å². The van der Waals surface area contributed by atoms with Gasteiger partial charge in [0.25, 0.3) is 0 Å². The van der Waals surface area contributed by atoms with E-state index in [9.17, 15) is 4.79 Å². The van der Waals surface area contributed by atoms with E-state index in [0.717, 1.165) is 16.7 Å². The summed E-state index contributed by atoms with van der Waals surface area (Å²) >= 11 is 0. The number of fused-ring (bicyclic) bond motifs is 1. The minimum absolute atomic E-state index is 0.208. The molecule has 0 atom stereocenters. The fourth-order valence-corrected chi connectivity index (χ4v) is 1.79. The normalized spacial score (nSPS) is 11.1. The quantitative estimate of drug-likeness (QED) is 0.755. The Morgan fingerprint density at radius 2 is 2.33 bits per heavy atom. The maximum absolute atomic E-state index is 11.3. The average Bonchev–Trinajstić information content (AvgIpc) is 2.76. The number of rotatable bonds is 5. The highest BCUT2D eigenvalue weighted by molar-refractivity contribution is 5.73. The Morgan fingerprint density at radius 1 is 1.50 bits per heavy atom. The second-order valence-electron chi connectivity index (χ2n) is 4.13. The van der Waals surface area contributed by atoms with Gasteiger partial charge >= 0.3 is 5.97 Å². The summed E-state index contributed by atoms with van der Waals surface area (Å²) in [5.74, 6) is -0.208. The van der Waals surface area contributed by atoms with Crippen LogP contribution in [-0.2, 0) is 16.1 Å². The fraction of sp³-hybridized carbons (Fsp3) is 0.385. The zero-order valence-corrected chi connectivity index (χ0v) is 10.5. The first kappa shape index (κ1) is 12.6. The van der Waals surface area contributed by atoms with Gasteiger partial charge in [-0.3, -0.25) is 9.69 Å². The van der Waals surface area contributed by atoms with Gasteiger partial charge in [0.2, 0.25) is 0 Å². The number of carbonyl (C=O) groups excluding carboxylic acids is 1. The van der Waals surface area contributed by atoms with E-state index in [1.807, 2.05) is 30.1 Å². The van der Waals surface area contributed by atoms with E-state index in [4.69, 9.17) is 9.15 Å². The van der Waals surface area contributed by atoms with Gasteiger partial charge in [-0.1, -0.05) is 6.07 Å². The van der Waals surface area contributed by atoms with Crippen molar-refractivity contribution in [1.82, 2.24) is 9.88 Å². The summed E-state index contributed by atoms with van der Waals surface area (Å²) in [6.07, 6.45) is 1.43. The molecule has 0 aliphatic rings. The number of aromatic nitrogens is 1. The molecule has 1 heterocycles. The number of hydrogen-bond donors (Lipinski definition) is 0. The van der Waals surface area contributed by atoms with E-state index >= 15 is 0 Å². The Bertz CT molecular complexity index is 536. The topological polar surface area (TPSA) is 55.6 Å². The zero-order chi connectivity index (χ0) is 13.0. The lowest BCUT2D eigenvalue weighted by Gasteiger charge is -2.15. The third-order valence-electron chi connectivity index (χ3n) is 2.55. The summed E-state index contributed by atoms with van der Waals surface area (Å²) in [6, 6.07) is 5.82. The molecule has 0 bridgehead atoms. The van der Waals surface area contributed by atoms with Gasteiger partial charge in [0.05, 0.1) is 13.2 Å². The lowest BCUT2D eigenvalue weighted by Crippen LogP contribution is -2.26. The van der Waals surface area contributed by atoms with Crippen LogP contribution in [0.5, 0.6) is 0 Å². The largest absolute Gasteiger partial charge is 0.465 e. The standard InChI is InChI=1S/C13H16N2O3/c1-3-17-13(16)8-15(2)7-10-4-5-11-12(6-10)18-9-14-11/h4-6,9H,3,7-8H2,1-2H3. The summed E-state index contributed by atoms with van der Waals surface area (Å²) in [4.78, 5) is 17.3. The first-order chi connectivity index (χ1) is 8.69. The molecule has 0 amide bonds. The van der Waals surface area contributed by atoms with E-state index in [0.29, 0.717) is 13.2 Å². The summed E-state index contributed by atoms with van der Waals surface area (Å²) in [7, 11) is 1.88. The van der Waals surface area contributed by atoms with Crippen LogP contribution < -0.4 is 0 Å². The monoisotopic (exact) mass is 248 g/mol. The molecule has 0 spiro atoms. The van der Waals surface area contributed by atoms with Gasteiger partial charge in [-0.2, -0.15) is 0 Å². The molecule has 0 N–H and O–H groups in total. The van der Waals surface area contributed by atoms with Crippen LogP contribution in [0.15, 0.2) is 29.0 Å². The first-order valence-electron chi connectivity index (χ1n) is 5.85. The molecule has 0 aliphatic heterocycles. The number of nitrogens with zero attached hydrogens (tertiary/aromatic N) is 2. The van der Waals surface area contributed by atoms with Crippen LogP contribution >= 0.6 is 0 Å². The van der Waals surface area contributed by atoms with Crippen molar-refractivity contribution < 1.29 is 13.9 Å². The molecule has 2 aromatic rings. The molecular weight excluding hydrogens is 232 g/mol. The molecule has 0 radical (unpaired) electrons. The summed E-state index contributed by atoms with van der Waals surface area (Å²) < 4.78 is 10.1. The van der Waals surface area contributed by atoms with Crippen LogP contribution in [0, 0.1) is 0 Å². The van der Waals surface area contributed by atoms with Crippen LogP contribution in [-0.4, -0.2) is 36.1 Å². The Morgan fingerprint density at radius 3 is 3.11 bits per heavy atom. The van der Waals surface area contributed by atoms with Crippen molar-refractivity contribution in [3.8, 4) is 0 Å². The SMILES string of the molecule is CCOC(=O)CN(C)Cc1ccc2ncoc2c1. The van der Waals surface area contributed by atoms with Gasteiger partial charge in [0, 0.05) is 6.54 Å². The third-order valence-corrected chi connectivity index (χ3v) is 2.55. The van der Waals surface area contributed by atoms with Crippen molar-refractivity contribution in [2.45, 2.75) is 13.5 Å². The maximum Gasteiger partial charge on any atom is 0.320 e. The van der Waals surface area contributed by atoms with Crippen molar-refractivity contribution in [3.05, 3.63) is 30.2 Å². The lowest BCUT2D eigenvalue weighted by molar-refractivity contribution is -0.144. The van der Waals surface area contributed by atoms with Crippen LogP contribution in [0.1, 0.15) is 12.5 Å². The second kappa shape index (κ2) is 5.64. The molecule has 2 rings (SSSR count). The molecule has 0 saturated carbocycles. The summed E-state index contributed by atoms with van der Waals surface area (Å²) in [5.41, 5.74) is 2.68. The van der Waals surface area contributed by atoms with Crippen LogP contribution in [0.25, 0.3) is 11.1 Å². The lowest BCUT2D eigenvalue weighted by atomic mass is 10.2. The summed E-state index contributed by atoms with van der Waals surface area (Å²) in [6.45, 7) is 3.16. The zero-order valence-electron chi connectivity index (χ0n) is 10.5. The molecule has 96 valence electrons. The molecule has 0 fully saturated rings. The third kappa shape index (κ3) is 3.07. The van der Waals surface area contributed by atoms with Crippen LogP contribution in [0.3, 0.4) is 0 Å². The Hall–Kier alpha value is -1.88. The highest BCUT2D eigenvalue weighted by atomic mass is 16.5. The number of ether oxygens (including phenoxy) is 1. The number of oxazole rings is 1. The average molecular weight is 248 g/mol. The number of hydrogen-bond acceptors (Lipinski definition) is 5. The van der Waals surface area contributed by atoms with Crippen LogP contribution in [0.4, 0.5) is 0 Å². The smallest absolute Gasteiger partial charge is 0.320 e. The maximum atomic E-state index is 11.3. The molecule has 0 aliphatic carbocycles. The van der Waals surface area contributed by atoms with Gasteiger partial charge < -0.3 is 9.15 Å². The van der Waals surface area contributed by atoms with Gasteiger partial charge in [0.1, 0.15) is 5.52 Å². The minimum Gasteiger partial charge on any atom is -0.465 e. The van der Waals surface area contributed by atoms with Gasteiger partial charge in [-0.05, 0) is 31.7 Å². The fourth-order valence-electron chi connectivity index (χ4n) is 1.79. The van der Waals surface area contributed by atoms with E-state index in [2.05, 4.69) is 4.98 Å². The second-order valence-corrected chi connectivity index (χ2v) is 4.13. The Balaban J connectivity index is 1.97. The summed E-state index contributed by atoms with van der Waals surface area (Å²) in [5, 5.41) is 0. The van der Waals surface area contributed by atoms with Gasteiger partial charge in [-0.25, -0.2) is 4.98 Å². The number of benzene rings is 1. The molecule has 18 heavy (non-hydrogen) atoms. The highest BCUT2D eigenvalue weighted by Crippen LogP contribution is 2.15. The predicted octanol–water partition coefficient (Wildman–Crippen LogP) is 1.82. The van der Waals surface area contributed by atoms with Crippen LogP contribution in [0.2, 0.25) is 0 Å². The number of likely N-dealkylation sites (N-methyl/N-ethyl adjacent to an activating group) is 1. The van der Waals surface area contributed by atoms with Crippen molar-refractivity contribution in [2.24, 2.45) is 0 Å². The highest BCUT2D eigenvalue weighted by Gasteiger charge is 2.08. The number of esters is 1. The van der Waals surface area contributed by atoms with Crippen molar-refractivity contribution in [3.63, 3.8) is 0 Å². The Labute approximate surface area is 105 Å². The molecule has 0 saturated heterocycles. The van der Waals surface area contributed by atoms with Gasteiger partial charge in [-0.15, -0.1) is 0 Å². The molecule has 5 heteroatoms. The van der Waals surface area contributed by atoms with E-state index in [1.165, 1.54) is 6.39 Å². The first-order valence-corrected chi connectivity index (χ1v) is 5.85. The Kier molecular flexibility index (Phi) is 3.94. The molecular formula is C13H16N2O3. The van der Waals surface area contributed by atoms with E-state index in [-0.39, 0.29) is 12.5 Å². The molecule has 1 aromatic carbocycles. The van der Waals surface area contributed by atoms with Crippen molar-refractivity contribution in [1.29, 1.82) is 0 Å². The predicted molar refractivity (Wildman–Crippen MR) is 67.0 cm³/mol. The number of carbonyl (C=O) groups is 1. The van der Waals surface area contributed by atoms with E-state index < -0.39 is 0 Å². The van der Waals surface area contributed by atoms with Crippen molar-refractivity contribution in [2.75, 3.05) is 20.2 Å².